The van der Waals surface area contributed by atoms with Gasteiger partial charge in [0, 0.05) is 18.2 Å². The number of hydrogen-bond acceptors (Lipinski definition) is 10. The summed E-state index contributed by atoms with van der Waals surface area (Å²) in [7, 11) is 9.02. The van der Waals surface area contributed by atoms with E-state index in [9.17, 15) is 9.59 Å². The molecule has 1 aliphatic rings. The summed E-state index contributed by atoms with van der Waals surface area (Å²) in [6.07, 6.45) is 2.17. The van der Waals surface area contributed by atoms with Crippen molar-refractivity contribution in [2.75, 3.05) is 48.0 Å². The third-order valence-electron chi connectivity index (χ3n) is 6.35. The molecule has 1 atom stereocenters. The minimum absolute atomic E-state index is 0.0702. The molecule has 0 saturated carbocycles. The Morgan fingerprint density at radius 2 is 1.32 bits per heavy atom. The van der Waals surface area contributed by atoms with Gasteiger partial charge in [-0.3, -0.25) is 14.9 Å². The fraction of sp³-hybridized carbons (Fsp3) is 0.333. The largest absolute Gasteiger partial charge is 0.493 e. The van der Waals surface area contributed by atoms with Gasteiger partial charge in [-0.15, -0.1) is 0 Å². The Morgan fingerprint density at radius 1 is 0.789 bits per heavy atom. The van der Waals surface area contributed by atoms with Crippen LogP contribution >= 0.6 is 0 Å². The number of ether oxygens (including phenoxy) is 6. The van der Waals surface area contributed by atoms with Crippen LogP contribution in [0.25, 0.3) is 0 Å². The standard InChI is InChI=1S/C27H29N3O8/c1-33-20-9-15(10-21(34-2)24(20)37-5)14-7-18-17(19(31)8-14)13-28-27(29-18)30-26(32)16-11-22(35-3)25(38-6)23(12-16)36-4/h9-14H,7-8H2,1-6H3,(H,28,29,30,32)/t14-/m1/s1. The number of nitrogens with one attached hydrogen (secondary N) is 1. The molecule has 1 aromatic heterocycles. The van der Waals surface area contributed by atoms with E-state index in [0.717, 1.165) is 5.56 Å². The molecule has 1 heterocycles. The monoisotopic (exact) mass is 523 g/mol. The number of fused-ring (bicyclic) bond motifs is 1. The molecule has 0 saturated heterocycles. The van der Waals surface area contributed by atoms with E-state index in [-0.39, 0.29) is 29.6 Å². The molecule has 11 heteroatoms. The molecule has 0 bridgehead atoms. The van der Waals surface area contributed by atoms with Gasteiger partial charge in [-0.2, -0.15) is 0 Å². The number of ketones is 1. The molecule has 4 rings (SSSR count). The molecule has 3 aromatic rings. The summed E-state index contributed by atoms with van der Waals surface area (Å²) in [6.45, 7) is 0. The Morgan fingerprint density at radius 3 is 1.82 bits per heavy atom. The van der Waals surface area contributed by atoms with E-state index < -0.39 is 5.91 Å². The zero-order chi connectivity index (χ0) is 27.4. The first-order valence-electron chi connectivity index (χ1n) is 11.7. The zero-order valence-electron chi connectivity index (χ0n) is 22.0. The van der Waals surface area contributed by atoms with E-state index in [0.29, 0.717) is 52.2 Å². The summed E-state index contributed by atoms with van der Waals surface area (Å²) in [4.78, 5) is 34.7. The summed E-state index contributed by atoms with van der Waals surface area (Å²) in [5.74, 6) is 1.83. The fourth-order valence-electron chi connectivity index (χ4n) is 4.46. The van der Waals surface area contributed by atoms with Crippen LogP contribution in [0.1, 0.15) is 44.3 Å². The Kier molecular flexibility index (Phi) is 7.85. The van der Waals surface area contributed by atoms with Crippen molar-refractivity contribution in [3.63, 3.8) is 0 Å². The number of anilines is 1. The van der Waals surface area contributed by atoms with Crippen molar-refractivity contribution in [3.05, 3.63) is 52.8 Å². The van der Waals surface area contributed by atoms with E-state index in [1.165, 1.54) is 46.8 Å². The normalized spacial score (nSPS) is 14.3. The minimum Gasteiger partial charge on any atom is -0.493 e. The van der Waals surface area contributed by atoms with Gasteiger partial charge in [-0.25, -0.2) is 9.97 Å². The fourth-order valence-corrected chi connectivity index (χ4v) is 4.46. The number of rotatable bonds is 9. The van der Waals surface area contributed by atoms with Gasteiger partial charge in [0.25, 0.3) is 5.91 Å². The van der Waals surface area contributed by atoms with Gasteiger partial charge in [0.15, 0.2) is 28.8 Å². The molecule has 0 unspecified atom stereocenters. The van der Waals surface area contributed by atoms with E-state index >= 15 is 0 Å². The topological polar surface area (TPSA) is 127 Å². The third kappa shape index (κ3) is 4.99. The smallest absolute Gasteiger partial charge is 0.258 e. The van der Waals surface area contributed by atoms with E-state index in [4.69, 9.17) is 28.4 Å². The third-order valence-corrected chi connectivity index (χ3v) is 6.35. The highest BCUT2D eigenvalue weighted by Gasteiger charge is 2.30. The maximum Gasteiger partial charge on any atom is 0.258 e. The second kappa shape index (κ2) is 11.2. The molecule has 0 radical (unpaired) electrons. The van der Waals surface area contributed by atoms with Crippen LogP contribution in [0.4, 0.5) is 5.95 Å². The van der Waals surface area contributed by atoms with Crippen LogP contribution in [0, 0.1) is 0 Å². The van der Waals surface area contributed by atoms with E-state index in [2.05, 4.69) is 15.3 Å². The molecule has 200 valence electrons. The van der Waals surface area contributed by atoms with Gasteiger partial charge in [0.05, 0.1) is 53.9 Å². The van der Waals surface area contributed by atoms with Crippen molar-refractivity contribution >= 4 is 17.6 Å². The van der Waals surface area contributed by atoms with E-state index in [1.54, 1.807) is 14.2 Å². The molecule has 0 spiro atoms. The second-order valence-electron chi connectivity index (χ2n) is 8.41. The lowest BCUT2D eigenvalue weighted by atomic mass is 9.82. The highest BCUT2D eigenvalue weighted by molar-refractivity contribution is 6.04. The van der Waals surface area contributed by atoms with Gasteiger partial charge in [0.2, 0.25) is 17.4 Å². The maximum absolute atomic E-state index is 13.0. The van der Waals surface area contributed by atoms with Gasteiger partial charge in [0.1, 0.15) is 0 Å². The Balaban J connectivity index is 1.62. The summed E-state index contributed by atoms with van der Waals surface area (Å²) in [5.41, 5.74) is 2.07. The van der Waals surface area contributed by atoms with Crippen LogP contribution in [-0.2, 0) is 6.42 Å². The molecule has 2 aromatic carbocycles. The maximum atomic E-state index is 13.0. The minimum atomic E-state index is -0.479. The van der Waals surface area contributed by atoms with Crippen molar-refractivity contribution in [2.45, 2.75) is 18.8 Å². The summed E-state index contributed by atoms with van der Waals surface area (Å²) in [5, 5.41) is 2.69. The van der Waals surface area contributed by atoms with Gasteiger partial charge in [-0.1, -0.05) is 0 Å². The molecule has 1 N–H and O–H groups in total. The summed E-state index contributed by atoms with van der Waals surface area (Å²) >= 11 is 0. The predicted octanol–water partition coefficient (Wildman–Crippen LogP) is 3.69. The summed E-state index contributed by atoms with van der Waals surface area (Å²) < 4.78 is 32.3. The van der Waals surface area contributed by atoms with Crippen LogP contribution in [-0.4, -0.2) is 64.3 Å². The van der Waals surface area contributed by atoms with Crippen molar-refractivity contribution in [3.8, 4) is 34.5 Å². The first-order valence-corrected chi connectivity index (χ1v) is 11.7. The van der Waals surface area contributed by atoms with Crippen LogP contribution in [0.3, 0.4) is 0 Å². The zero-order valence-corrected chi connectivity index (χ0v) is 22.0. The van der Waals surface area contributed by atoms with Crippen molar-refractivity contribution in [1.82, 2.24) is 9.97 Å². The Bertz CT molecular complexity index is 1320. The van der Waals surface area contributed by atoms with Crippen molar-refractivity contribution in [2.24, 2.45) is 0 Å². The van der Waals surface area contributed by atoms with Crippen molar-refractivity contribution < 1.29 is 38.0 Å². The number of nitrogens with zero attached hydrogens (tertiary/aromatic N) is 2. The van der Waals surface area contributed by atoms with Gasteiger partial charge < -0.3 is 28.4 Å². The number of amides is 1. The average Bonchev–Trinajstić information content (AvgIpc) is 2.94. The number of methoxy groups -OCH3 is 6. The lowest BCUT2D eigenvalue weighted by molar-refractivity contribution is 0.0962. The molecule has 38 heavy (non-hydrogen) atoms. The lowest BCUT2D eigenvalue weighted by Gasteiger charge is -2.24. The number of aromatic nitrogens is 2. The highest BCUT2D eigenvalue weighted by Crippen LogP contribution is 2.43. The number of carbonyl (C=O) groups excluding carboxylic acids is 2. The van der Waals surface area contributed by atoms with Crippen LogP contribution in [0.5, 0.6) is 34.5 Å². The molecular formula is C27H29N3O8. The number of benzene rings is 2. The highest BCUT2D eigenvalue weighted by atomic mass is 16.5. The van der Waals surface area contributed by atoms with Crippen LogP contribution in [0.15, 0.2) is 30.5 Å². The Hall–Kier alpha value is -4.54. The molecule has 11 nitrogen and oxygen atoms in total. The molecule has 1 amide bonds. The lowest BCUT2D eigenvalue weighted by Crippen LogP contribution is -2.22. The first-order chi connectivity index (χ1) is 18.4. The van der Waals surface area contributed by atoms with Crippen molar-refractivity contribution in [1.29, 1.82) is 0 Å². The van der Waals surface area contributed by atoms with E-state index in [1.807, 2.05) is 12.1 Å². The number of hydrogen-bond donors (Lipinski definition) is 1. The van der Waals surface area contributed by atoms with Gasteiger partial charge >= 0.3 is 0 Å². The molecule has 0 fully saturated rings. The Labute approximate surface area is 220 Å². The summed E-state index contributed by atoms with van der Waals surface area (Å²) in [6, 6.07) is 6.72. The average molecular weight is 524 g/mol. The van der Waals surface area contributed by atoms with Crippen LogP contribution in [0.2, 0.25) is 0 Å². The predicted molar refractivity (Wildman–Crippen MR) is 138 cm³/mol. The molecule has 1 aliphatic carbocycles. The number of carbonyl (C=O) groups is 2. The quantitative estimate of drug-likeness (QED) is 0.443. The first kappa shape index (κ1) is 26.5. The SMILES string of the molecule is COc1cc(C(=O)Nc2ncc3c(n2)C[C@@H](c2cc(OC)c(OC)c(OC)c2)CC3=O)cc(OC)c1OC. The van der Waals surface area contributed by atoms with Crippen LogP contribution < -0.4 is 33.7 Å². The molecule has 0 aliphatic heterocycles. The van der Waals surface area contributed by atoms with Gasteiger partial charge in [-0.05, 0) is 42.2 Å². The molecular weight excluding hydrogens is 494 g/mol. The second-order valence-corrected chi connectivity index (χ2v) is 8.41. The number of Topliss-reactive ketones (excluding diaryl/α,β-unsaturated/α-hetero) is 1.